The Balaban J connectivity index is 1.90. The summed E-state index contributed by atoms with van der Waals surface area (Å²) in [6.07, 6.45) is 4.06. The van der Waals surface area contributed by atoms with Crippen LogP contribution in [-0.2, 0) is 14.0 Å². The number of nitrogens with zero attached hydrogens (tertiary/aromatic N) is 4. The van der Waals surface area contributed by atoms with E-state index in [1.165, 1.54) is 0 Å². The molecule has 2 saturated heterocycles. The van der Waals surface area contributed by atoms with Crippen LogP contribution in [0.2, 0.25) is 18.1 Å². The Kier molecular flexibility index (Phi) is 6.96. The van der Waals surface area contributed by atoms with Gasteiger partial charge >= 0.3 is 6.09 Å². The maximum absolute atomic E-state index is 13.9. The first-order valence-corrected chi connectivity index (χ1v) is 15.2. The van der Waals surface area contributed by atoms with Gasteiger partial charge in [0.2, 0.25) is 0 Å². The van der Waals surface area contributed by atoms with Crippen LogP contribution in [0, 0.1) is 0 Å². The molecular formula is C25H42N4O4Si. The van der Waals surface area contributed by atoms with Gasteiger partial charge < -0.3 is 14.1 Å². The topological polar surface area (TPSA) is 84.9 Å². The summed E-state index contributed by atoms with van der Waals surface area (Å²) in [6, 6.07) is 1.28. The fourth-order valence-corrected chi connectivity index (χ4v) is 6.16. The lowest BCUT2D eigenvalue weighted by Crippen LogP contribution is -2.75. The normalized spacial score (nSPS) is 25.4. The van der Waals surface area contributed by atoms with Gasteiger partial charge in [0, 0.05) is 18.4 Å². The molecule has 9 heteroatoms. The number of aromatic nitrogens is 2. The van der Waals surface area contributed by atoms with Gasteiger partial charge in [0.25, 0.3) is 5.91 Å². The van der Waals surface area contributed by atoms with Crippen molar-refractivity contribution in [3.63, 3.8) is 0 Å². The Morgan fingerprint density at radius 1 is 1.18 bits per heavy atom. The van der Waals surface area contributed by atoms with E-state index in [2.05, 4.69) is 43.8 Å². The molecule has 0 saturated carbocycles. The summed E-state index contributed by atoms with van der Waals surface area (Å²) in [4.78, 5) is 39.4. The first-order chi connectivity index (χ1) is 15.5. The second-order valence-corrected chi connectivity index (χ2v) is 17.1. The third kappa shape index (κ3) is 4.87. The first-order valence-electron chi connectivity index (χ1n) is 12.3. The van der Waals surface area contributed by atoms with Crippen molar-refractivity contribution in [1.82, 2.24) is 19.8 Å². The highest BCUT2D eigenvalue weighted by atomic mass is 28.4. The Morgan fingerprint density at radius 2 is 1.76 bits per heavy atom. The Hall–Kier alpha value is -2.00. The van der Waals surface area contributed by atoms with E-state index in [9.17, 15) is 9.59 Å². The Labute approximate surface area is 205 Å². The third-order valence-corrected chi connectivity index (χ3v) is 12.0. The van der Waals surface area contributed by atoms with E-state index >= 15 is 0 Å². The van der Waals surface area contributed by atoms with Crippen LogP contribution in [0.1, 0.15) is 80.1 Å². The maximum atomic E-state index is 13.9. The molecule has 1 aromatic rings. The largest absolute Gasteiger partial charge is 0.444 e. The van der Waals surface area contributed by atoms with E-state index in [1.54, 1.807) is 28.3 Å². The van der Waals surface area contributed by atoms with Gasteiger partial charge in [-0.15, -0.1) is 0 Å². The van der Waals surface area contributed by atoms with Crippen LogP contribution in [0.5, 0.6) is 0 Å². The van der Waals surface area contributed by atoms with Crippen molar-refractivity contribution in [3.05, 3.63) is 24.3 Å². The smallest absolute Gasteiger partial charge is 0.411 e. The van der Waals surface area contributed by atoms with Gasteiger partial charge in [0.1, 0.15) is 17.2 Å². The number of rotatable bonds is 5. The lowest BCUT2D eigenvalue weighted by Gasteiger charge is -2.55. The summed E-state index contributed by atoms with van der Waals surface area (Å²) in [5, 5.41) is 0.0257. The van der Waals surface area contributed by atoms with E-state index in [0.717, 1.165) is 6.42 Å². The minimum absolute atomic E-state index is 0.0257. The maximum Gasteiger partial charge on any atom is 0.411 e. The molecule has 3 heterocycles. The number of hydrogen-bond donors (Lipinski definition) is 0. The van der Waals surface area contributed by atoms with Crippen molar-refractivity contribution in [2.45, 2.75) is 116 Å². The lowest BCUT2D eigenvalue weighted by atomic mass is 9.83. The number of hydrogen-bond acceptors (Lipinski definition) is 6. The summed E-state index contributed by atoms with van der Waals surface area (Å²) < 4.78 is 12.4. The second-order valence-electron chi connectivity index (χ2n) is 12.3. The molecule has 8 nitrogen and oxygen atoms in total. The van der Waals surface area contributed by atoms with Gasteiger partial charge in [-0.25, -0.2) is 14.8 Å². The second kappa shape index (κ2) is 8.89. The van der Waals surface area contributed by atoms with Gasteiger partial charge in [-0.1, -0.05) is 20.8 Å². The van der Waals surface area contributed by atoms with Crippen molar-refractivity contribution < 1.29 is 18.8 Å². The Morgan fingerprint density at radius 3 is 2.26 bits per heavy atom. The van der Waals surface area contributed by atoms with Gasteiger partial charge in [0.15, 0.2) is 14.1 Å². The molecular weight excluding hydrogens is 448 g/mol. The fourth-order valence-electron chi connectivity index (χ4n) is 4.74. The third-order valence-electron chi connectivity index (χ3n) is 7.48. The van der Waals surface area contributed by atoms with E-state index in [4.69, 9.17) is 9.16 Å². The predicted octanol–water partition coefficient (Wildman–Crippen LogP) is 4.93. The van der Waals surface area contributed by atoms with Gasteiger partial charge in [0.05, 0.1) is 12.6 Å². The van der Waals surface area contributed by atoms with Crippen LogP contribution in [-0.4, -0.2) is 69.9 Å². The molecule has 0 aromatic carbocycles. The molecule has 34 heavy (non-hydrogen) atoms. The zero-order chi connectivity index (χ0) is 25.7. The van der Waals surface area contributed by atoms with Gasteiger partial charge in [-0.3, -0.25) is 9.69 Å². The minimum atomic E-state index is -2.11. The number of β-lactam (4-membered cyclic amide) rings is 1. The predicted molar refractivity (Wildman–Crippen MR) is 134 cm³/mol. The summed E-state index contributed by atoms with van der Waals surface area (Å²) >= 11 is 0. The van der Waals surface area contributed by atoms with Crippen LogP contribution in [0.15, 0.2) is 18.5 Å². The number of ether oxygens (including phenoxy) is 1. The van der Waals surface area contributed by atoms with Gasteiger partial charge in [-0.05, 0) is 71.7 Å². The first kappa shape index (κ1) is 26.6. The molecule has 0 aliphatic carbocycles. The lowest BCUT2D eigenvalue weighted by molar-refractivity contribution is -0.170. The number of carbonyl (C=O) groups excluding carboxylic acids is 2. The molecule has 0 N–H and O–H groups in total. The van der Waals surface area contributed by atoms with Crippen molar-refractivity contribution in [2.75, 3.05) is 6.54 Å². The van der Waals surface area contributed by atoms with Crippen molar-refractivity contribution in [3.8, 4) is 0 Å². The van der Waals surface area contributed by atoms with Crippen LogP contribution in [0.3, 0.4) is 0 Å². The summed E-state index contributed by atoms with van der Waals surface area (Å²) in [5.74, 6) is 0.484. The van der Waals surface area contributed by atoms with Crippen LogP contribution in [0.25, 0.3) is 0 Å². The highest BCUT2D eigenvalue weighted by Gasteiger charge is 2.64. The minimum Gasteiger partial charge on any atom is -0.444 e. The number of likely N-dealkylation sites (tertiary alicyclic amines) is 2. The molecule has 4 atom stereocenters. The zero-order valence-corrected chi connectivity index (χ0v) is 23.5. The molecule has 0 bridgehead atoms. The molecule has 2 aliphatic rings. The number of carbonyl (C=O) groups is 2. The van der Waals surface area contributed by atoms with E-state index < -0.39 is 31.6 Å². The summed E-state index contributed by atoms with van der Waals surface area (Å²) in [6.45, 7) is 20.9. The monoisotopic (exact) mass is 490 g/mol. The molecule has 2 aliphatic heterocycles. The molecule has 3 rings (SSSR count). The highest BCUT2D eigenvalue weighted by Crippen LogP contribution is 2.47. The van der Waals surface area contributed by atoms with E-state index in [0.29, 0.717) is 18.8 Å². The average Bonchev–Trinajstić information content (AvgIpc) is 3.05. The quantitative estimate of drug-likeness (QED) is 0.430. The van der Waals surface area contributed by atoms with Crippen molar-refractivity contribution >= 4 is 20.3 Å². The van der Waals surface area contributed by atoms with E-state index in [-0.39, 0.29) is 23.1 Å². The van der Waals surface area contributed by atoms with Gasteiger partial charge in [-0.2, -0.15) is 0 Å². The van der Waals surface area contributed by atoms with Crippen LogP contribution < -0.4 is 0 Å². The fraction of sp³-hybridized carbons (Fsp3) is 0.760. The molecule has 0 radical (unpaired) electrons. The van der Waals surface area contributed by atoms with Crippen molar-refractivity contribution in [1.29, 1.82) is 0 Å². The Bertz CT molecular complexity index is 912. The molecule has 2 amide bonds. The standard InChI is InChI=1S/C25H42N4O4Si/c1-17-12-13-25(29(17)22(31)32-23(3,4)5)16-28(21(25)30)19(20-26-14-11-15-27-20)18(2)33-34(9,10)24(6,7)8/h11,14-15,17-19H,12-13,16H2,1-10H3. The summed E-state index contributed by atoms with van der Waals surface area (Å²) in [5.41, 5.74) is -1.50. The highest BCUT2D eigenvalue weighted by molar-refractivity contribution is 6.74. The van der Waals surface area contributed by atoms with Crippen molar-refractivity contribution in [2.24, 2.45) is 0 Å². The van der Waals surface area contributed by atoms with Crippen LogP contribution in [0.4, 0.5) is 4.79 Å². The van der Waals surface area contributed by atoms with Crippen LogP contribution >= 0.6 is 0 Å². The number of amides is 2. The van der Waals surface area contributed by atoms with E-state index in [1.807, 2.05) is 34.6 Å². The molecule has 2 fully saturated rings. The SMILES string of the molecule is CC(O[Si](C)(C)C(C)(C)C)C(c1ncccn1)N1CC2(CCC(C)N2C(=O)OC(C)(C)C)C1=O. The molecule has 1 aromatic heterocycles. The zero-order valence-electron chi connectivity index (χ0n) is 22.5. The summed E-state index contributed by atoms with van der Waals surface area (Å²) in [7, 11) is -2.11. The average molecular weight is 491 g/mol. The molecule has 1 spiro atoms. The molecule has 4 unspecified atom stereocenters. The molecule has 190 valence electrons.